The minimum absolute atomic E-state index is 0.0947. The van der Waals surface area contributed by atoms with Crippen LogP contribution in [0.2, 0.25) is 0 Å². The van der Waals surface area contributed by atoms with Crippen molar-refractivity contribution < 1.29 is 31.5 Å². The molecule has 0 radical (unpaired) electrons. The zero-order valence-electron chi connectivity index (χ0n) is 19.4. The Hall–Kier alpha value is -3.75. The van der Waals surface area contributed by atoms with Crippen molar-refractivity contribution in [1.82, 2.24) is 4.90 Å². The molecule has 0 fully saturated rings. The zero-order valence-corrected chi connectivity index (χ0v) is 19.4. The number of carbonyl (C=O) groups excluding carboxylic acids is 2. The van der Waals surface area contributed by atoms with Gasteiger partial charge in [-0.15, -0.1) is 0 Å². The lowest BCUT2D eigenvalue weighted by atomic mass is 9.94. The first-order valence-corrected chi connectivity index (χ1v) is 11.3. The van der Waals surface area contributed by atoms with E-state index < -0.39 is 23.5 Å². The molecule has 0 bridgehead atoms. The molecule has 3 aromatic rings. The van der Waals surface area contributed by atoms with Crippen molar-refractivity contribution in [1.29, 1.82) is 0 Å². The minimum atomic E-state index is -4.81. The Morgan fingerprint density at radius 3 is 2.31 bits per heavy atom. The van der Waals surface area contributed by atoms with E-state index in [0.717, 1.165) is 28.8 Å². The first kappa shape index (κ1) is 25.3. The summed E-state index contributed by atoms with van der Waals surface area (Å²) >= 11 is 0. The Morgan fingerprint density at radius 1 is 0.944 bits per heavy atom. The molecule has 2 amide bonds. The number of fused-ring (bicyclic) bond motifs is 1. The van der Waals surface area contributed by atoms with Gasteiger partial charge in [0.05, 0.1) is 18.4 Å². The number of rotatable bonds is 5. The molecule has 36 heavy (non-hydrogen) atoms. The minimum Gasteiger partial charge on any atom is -0.338 e. The quantitative estimate of drug-likeness (QED) is 0.462. The normalized spacial score (nSPS) is 13.3. The maximum atomic E-state index is 13.9. The smallest absolute Gasteiger partial charge is 0.338 e. The van der Waals surface area contributed by atoms with Gasteiger partial charge < -0.3 is 10.2 Å². The molecule has 0 spiro atoms. The number of nitrogens with one attached hydrogen (secondary N) is 1. The molecule has 0 saturated carbocycles. The summed E-state index contributed by atoms with van der Waals surface area (Å²) in [7, 11) is 0. The summed E-state index contributed by atoms with van der Waals surface area (Å²) in [6.45, 7) is 2.60. The number of alkyl halides is 3. The van der Waals surface area contributed by atoms with Crippen LogP contribution in [0.25, 0.3) is 0 Å². The number of anilines is 1. The number of halogens is 5. The van der Waals surface area contributed by atoms with Crippen molar-refractivity contribution in [3.8, 4) is 0 Å². The molecule has 1 aliphatic heterocycles. The van der Waals surface area contributed by atoms with Crippen LogP contribution in [-0.4, -0.2) is 23.3 Å². The van der Waals surface area contributed by atoms with Gasteiger partial charge in [0, 0.05) is 18.8 Å². The summed E-state index contributed by atoms with van der Waals surface area (Å²) in [4.78, 5) is 27.1. The number of amides is 2. The topological polar surface area (TPSA) is 49.4 Å². The number of hydrogen-bond acceptors (Lipinski definition) is 2. The second-order valence-corrected chi connectivity index (χ2v) is 8.80. The monoisotopic (exact) mass is 502 g/mol. The van der Waals surface area contributed by atoms with Gasteiger partial charge >= 0.3 is 6.18 Å². The van der Waals surface area contributed by atoms with Gasteiger partial charge in [0.15, 0.2) is 0 Å². The molecule has 1 heterocycles. The number of nitrogens with zero attached hydrogens (tertiary/aromatic N) is 1. The third-order valence-corrected chi connectivity index (χ3v) is 6.20. The van der Waals surface area contributed by atoms with Gasteiger partial charge in [0.2, 0.25) is 11.8 Å². The Morgan fingerprint density at radius 2 is 1.64 bits per heavy atom. The number of aryl methyl sites for hydroxylation is 1. The molecule has 3 aromatic carbocycles. The van der Waals surface area contributed by atoms with Crippen molar-refractivity contribution >= 4 is 17.5 Å². The van der Waals surface area contributed by atoms with E-state index in [1.165, 1.54) is 12.1 Å². The second-order valence-electron chi connectivity index (χ2n) is 8.80. The van der Waals surface area contributed by atoms with Gasteiger partial charge in [-0.25, -0.2) is 8.78 Å². The average Bonchev–Trinajstić information content (AvgIpc) is 2.81. The van der Waals surface area contributed by atoms with Crippen LogP contribution < -0.4 is 5.32 Å². The second kappa shape index (κ2) is 10.1. The summed E-state index contributed by atoms with van der Waals surface area (Å²) in [5.41, 5.74) is 2.60. The van der Waals surface area contributed by atoms with Crippen molar-refractivity contribution in [3.05, 3.63) is 99.6 Å². The maximum absolute atomic E-state index is 13.9. The first-order chi connectivity index (χ1) is 17.0. The maximum Gasteiger partial charge on any atom is 0.419 e. The van der Waals surface area contributed by atoms with Crippen LogP contribution in [0, 0.1) is 18.6 Å². The fourth-order valence-corrected chi connectivity index (χ4v) is 4.32. The van der Waals surface area contributed by atoms with Crippen LogP contribution >= 0.6 is 0 Å². The van der Waals surface area contributed by atoms with Crippen molar-refractivity contribution in [2.24, 2.45) is 0 Å². The van der Waals surface area contributed by atoms with Crippen molar-refractivity contribution in [3.63, 3.8) is 0 Å². The van der Waals surface area contributed by atoms with E-state index in [2.05, 4.69) is 5.32 Å². The zero-order chi connectivity index (χ0) is 26.0. The third-order valence-electron chi connectivity index (χ3n) is 6.20. The lowest BCUT2D eigenvalue weighted by Crippen LogP contribution is -2.37. The Bertz CT molecular complexity index is 1300. The largest absolute Gasteiger partial charge is 0.419 e. The highest BCUT2D eigenvalue weighted by molar-refractivity contribution is 5.94. The van der Waals surface area contributed by atoms with Crippen LogP contribution in [0.15, 0.2) is 54.6 Å². The van der Waals surface area contributed by atoms with Crippen LogP contribution in [0.5, 0.6) is 0 Å². The van der Waals surface area contributed by atoms with E-state index in [1.807, 2.05) is 19.1 Å². The molecule has 0 saturated heterocycles. The highest BCUT2D eigenvalue weighted by Gasteiger charge is 2.34. The van der Waals surface area contributed by atoms with Gasteiger partial charge in [0.25, 0.3) is 0 Å². The standard InChI is InChI=1S/C27H23F5N2O2/c1-16-2-6-19-15-34(25(36)14-17-3-7-20(28)8-4-17)11-10-21(19)26(16)33-24(35)13-18-5-9-22(23(29)12-18)27(30,31)32/h2-9,12H,10-11,13-15H2,1H3,(H,33,35). The van der Waals surface area contributed by atoms with Crippen LogP contribution in [-0.2, 0) is 41.6 Å². The predicted molar refractivity (Wildman–Crippen MR) is 124 cm³/mol. The molecule has 188 valence electrons. The number of hydrogen-bond donors (Lipinski definition) is 1. The van der Waals surface area contributed by atoms with Crippen molar-refractivity contribution in [2.75, 3.05) is 11.9 Å². The summed E-state index contributed by atoms with van der Waals surface area (Å²) in [6, 6.07) is 11.9. The molecule has 0 unspecified atom stereocenters. The van der Waals surface area contributed by atoms with Crippen LogP contribution in [0.4, 0.5) is 27.6 Å². The summed E-state index contributed by atoms with van der Waals surface area (Å²) < 4.78 is 65.3. The fourth-order valence-electron chi connectivity index (χ4n) is 4.32. The van der Waals surface area contributed by atoms with Crippen molar-refractivity contribution in [2.45, 2.75) is 38.9 Å². The molecular formula is C27H23F5N2O2. The lowest BCUT2D eigenvalue weighted by Gasteiger charge is -2.31. The third kappa shape index (κ3) is 5.72. The highest BCUT2D eigenvalue weighted by atomic mass is 19.4. The Labute approximate surface area is 204 Å². The van der Waals surface area contributed by atoms with Gasteiger partial charge in [-0.05, 0) is 65.4 Å². The van der Waals surface area contributed by atoms with Gasteiger partial charge in [0.1, 0.15) is 11.6 Å². The van der Waals surface area contributed by atoms with E-state index in [0.29, 0.717) is 36.8 Å². The molecule has 1 N–H and O–H groups in total. The van der Waals surface area contributed by atoms with Gasteiger partial charge in [-0.1, -0.05) is 30.3 Å². The van der Waals surface area contributed by atoms with Gasteiger partial charge in [-0.3, -0.25) is 9.59 Å². The Balaban J connectivity index is 1.45. The fraction of sp³-hybridized carbons (Fsp3) is 0.259. The van der Waals surface area contributed by atoms with Gasteiger partial charge in [-0.2, -0.15) is 13.2 Å². The molecule has 9 heteroatoms. The average molecular weight is 502 g/mol. The molecular weight excluding hydrogens is 479 g/mol. The summed E-state index contributed by atoms with van der Waals surface area (Å²) in [5, 5.41) is 2.82. The summed E-state index contributed by atoms with van der Waals surface area (Å²) in [5.74, 6) is -2.37. The first-order valence-electron chi connectivity index (χ1n) is 11.3. The van der Waals surface area contributed by atoms with E-state index >= 15 is 0 Å². The van der Waals surface area contributed by atoms with Crippen LogP contribution in [0.3, 0.4) is 0 Å². The molecule has 0 atom stereocenters. The SMILES string of the molecule is Cc1ccc2c(c1NC(=O)Cc1ccc(C(F)(F)F)c(F)c1)CCN(C(=O)Cc1ccc(F)cc1)C2. The van der Waals surface area contributed by atoms with E-state index in [9.17, 15) is 31.5 Å². The van der Waals surface area contributed by atoms with E-state index in [-0.39, 0.29) is 30.1 Å². The molecule has 0 aliphatic carbocycles. The molecule has 4 nitrogen and oxygen atoms in total. The lowest BCUT2D eigenvalue weighted by molar-refractivity contribution is -0.140. The number of carbonyl (C=O) groups is 2. The molecule has 1 aliphatic rings. The predicted octanol–water partition coefficient (Wildman–Crippen LogP) is 5.60. The Kier molecular flexibility index (Phi) is 7.10. The highest BCUT2D eigenvalue weighted by Crippen LogP contribution is 2.32. The van der Waals surface area contributed by atoms with E-state index in [4.69, 9.17) is 0 Å². The van der Waals surface area contributed by atoms with Crippen LogP contribution in [0.1, 0.15) is 33.4 Å². The summed E-state index contributed by atoms with van der Waals surface area (Å²) in [6.07, 6.45) is -4.45. The molecule has 0 aromatic heterocycles. The molecule has 4 rings (SSSR count). The number of benzene rings is 3. The van der Waals surface area contributed by atoms with E-state index in [1.54, 1.807) is 17.0 Å².